The summed E-state index contributed by atoms with van der Waals surface area (Å²) in [5, 5.41) is 6.64. The Morgan fingerprint density at radius 1 is 1.07 bits per heavy atom. The second kappa shape index (κ2) is 10.2. The van der Waals surface area contributed by atoms with Crippen molar-refractivity contribution in [3.05, 3.63) is 88.6 Å². The molecule has 1 N–H and O–H groups in total. The van der Waals surface area contributed by atoms with Gasteiger partial charge in [0.2, 0.25) is 6.10 Å². The third-order valence-corrected chi connectivity index (χ3v) is 4.68. The third-order valence-electron chi connectivity index (χ3n) is 3.97. The Kier molecular flexibility index (Phi) is 7.19. The summed E-state index contributed by atoms with van der Waals surface area (Å²) in [6, 6.07) is 17.9. The van der Waals surface area contributed by atoms with Gasteiger partial charge in [0.15, 0.2) is 0 Å². The molecule has 0 aliphatic rings. The Labute approximate surface area is 173 Å². The van der Waals surface area contributed by atoms with Crippen LogP contribution in [0.4, 0.5) is 5.69 Å². The van der Waals surface area contributed by atoms with E-state index in [4.69, 9.17) is 9.47 Å². The summed E-state index contributed by atoms with van der Waals surface area (Å²) < 4.78 is 11.0. The van der Waals surface area contributed by atoms with Gasteiger partial charge < -0.3 is 14.8 Å². The molecular weight excluding hydrogens is 386 g/mol. The predicted molar refractivity (Wildman–Crippen MR) is 115 cm³/mol. The number of anilines is 1. The minimum absolute atomic E-state index is 0.458. The summed E-state index contributed by atoms with van der Waals surface area (Å²) in [6.07, 6.45) is 1.88. The maximum Gasteiger partial charge on any atom is 0.331 e. The molecule has 0 aliphatic heterocycles. The third kappa shape index (κ3) is 5.80. The maximum absolute atomic E-state index is 13.0. The van der Waals surface area contributed by atoms with E-state index < -0.39 is 18.0 Å². The summed E-state index contributed by atoms with van der Waals surface area (Å²) in [5.74, 6) is -0.502. The van der Waals surface area contributed by atoms with Gasteiger partial charge in [0, 0.05) is 11.6 Å². The summed E-state index contributed by atoms with van der Waals surface area (Å²) >= 11 is 1.53. The van der Waals surface area contributed by atoms with E-state index in [1.54, 1.807) is 48.5 Å². The molecule has 0 bridgehead atoms. The lowest BCUT2D eigenvalue weighted by Gasteiger charge is -2.18. The van der Waals surface area contributed by atoms with E-state index in [9.17, 15) is 9.59 Å². The van der Waals surface area contributed by atoms with Crippen LogP contribution in [-0.2, 0) is 14.3 Å². The molecule has 29 heavy (non-hydrogen) atoms. The van der Waals surface area contributed by atoms with Crippen molar-refractivity contribution in [1.82, 2.24) is 0 Å². The Hall–Kier alpha value is -3.38. The molecule has 148 valence electrons. The van der Waals surface area contributed by atoms with Gasteiger partial charge in [0.05, 0.1) is 12.3 Å². The lowest BCUT2D eigenvalue weighted by atomic mass is 10.1. The smallest absolute Gasteiger partial charge is 0.331 e. The molecule has 3 rings (SSSR count). The molecule has 3 aromatic rings. The van der Waals surface area contributed by atoms with Crippen LogP contribution >= 0.6 is 11.3 Å². The van der Waals surface area contributed by atoms with Gasteiger partial charge in [-0.25, -0.2) is 4.79 Å². The largest absolute Gasteiger partial charge is 0.492 e. The highest BCUT2D eigenvalue weighted by Gasteiger charge is 2.25. The molecule has 0 spiro atoms. The minimum Gasteiger partial charge on any atom is -0.492 e. The number of carbonyl (C=O) groups is 2. The van der Waals surface area contributed by atoms with Gasteiger partial charge >= 0.3 is 5.97 Å². The van der Waals surface area contributed by atoms with Crippen LogP contribution < -0.4 is 10.1 Å². The molecule has 1 atom stereocenters. The van der Waals surface area contributed by atoms with Crippen LogP contribution in [0.1, 0.15) is 24.2 Å². The molecule has 1 heterocycles. The first-order chi connectivity index (χ1) is 14.2. The molecule has 0 aliphatic carbocycles. The first-order valence-corrected chi connectivity index (χ1v) is 10.1. The fraction of sp³-hybridized carbons (Fsp3) is 0.130. The standard InChI is InChI=1S/C23H21NO4S/c1-2-27-20-11-7-6-10-19(20)24-23(26)22(18-8-4-3-5-9-18)28-21(25)13-12-17-14-15-29-16-17/h3-16,22H,2H2,1H3,(H,24,26)/b13-12+/t22-/m1/s1. The number of esters is 1. The number of hydrogen-bond donors (Lipinski definition) is 1. The first-order valence-electron chi connectivity index (χ1n) is 9.16. The number of thiophene rings is 1. The summed E-state index contributed by atoms with van der Waals surface area (Å²) in [5.41, 5.74) is 2.00. The van der Waals surface area contributed by atoms with Crippen molar-refractivity contribution in [1.29, 1.82) is 0 Å². The Balaban J connectivity index is 1.78. The highest BCUT2D eigenvalue weighted by Crippen LogP contribution is 2.26. The van der Waals surface area contributed by atoms with Crippen LogP contribution in [0.15, 0.2) is 77.5 Å². The van der Waals surface area contributed by atoms with Crippen LogP contribution in [-0.4, -0.2) is 18.5 Å². The van der Waals surface area contributed by atoms with Gasteiger partial charge in [-0.2, -0.15) is 11.3 Å². The zero-order valence-corrected chi connectivity index (χ0v) is 16.7. The van der Waals surface area contributed by atoms with Gasteiger partial charge in [0.25, 0.3) is 5.91 Å². The van der Waals surface area contributed by atoms with E-state index in [1.165, 1.54) is 17.4 Å². The summed E-state index contributed by atoms with van der Waals surface area (Å²) in [6.45, 7) is 2.34. The first kappa shape index (κ1) is 20.4. The van der Waals surface area contributed by atoms with Crippen molar-refractivity contribution < 1.29 is 19.1 Å². The fourth-order valence-corrected chi connectivity index (χ4v) is 3.27. The Morgan fingerprint density at radius 2 is 1.83 bits per heavy atom. The molecule has 0 saturated carbocycles. The second-order valence-electron chi connectivity index (χ2n) is 6.04. The molecule has 1 aromatic heterocycles. The van der Waals surface area contributed by atoms with E-state index in [1.807, 2.05) is 35.9 Å². The van der Waals surface area contributed by atoms with Crippen molar-refractivity contribution in [3.63, 3.8) is 0 Å². The normalized spacial score (nSPS) is 11.8. The van der Waals surface area contributed by atoms with Crippen molar-refractivity contribution in [2.45, 2.75) is 13.0 Å². The highest BCUT2D eigenvalue weighted by molar-refractivity contribution is 7.08. The minimum atomic E-state index is -1.09. The second-order valence-corrected chi connectivity index (χ2v) is 6.82. The molecule has 2 aromatic carbocycles. The van der Waals surface area contributed by atoms with Crippen LogP contribution in [0, 0.1) is 0 Å². The van der Waals surface area contributed by atoms with Crippen molar-refractivity contribution in [2.75, 3.05) is 11.9 Å². The van der Waals surface area contributed by atoms with Crippen LogP contribution in [0.25, 0.3) is 6.08 Å². The van der Waals surface area contributed by atoms with E-state index in [-0.39, 0.29) is 0 Å². The molecule has 0 unspecified atom stereocenters. The molecule has 0 saturated heterocycles. The van der Waals surface area contributed by atoms with E-state index in [0.717, 1.165) is 5.56 Å². The number of benzene rings is 2. The van der Waals surface area contributed by atoms with Crippen LogP contribution in [0.3, 0.4) is 0 Å². The molecule has 1 amide bonds. The topological polar surface area (TPSA) is 64.6 Å². The number of hydrogen-bond acceptors (Lipinski definition) is 5. The summed E-state index contributed by atoms with van der Waals surface area (Å²) in [4.78, 5) is 25.3. The van der Waals surface area contributed by atoms with E-state index >= 15 is 0 Å². The van der Waals surface area contributed by atoms with Gasteiger partial charge in [-0.3, -0.25) is 4.79 Å². The van der Waals surface area contributed by atoms with Crippen LogP contribution in [0.2, 0.25) is 0 Å². The lowest BCUT2D eigenvalue weighted by Crippen LogP contribution is -2.25. The number of ether oxygens (including phenoxy) is 2. The predicted octanol–water partition coefficient (Wildman–Crippen LogP) is 5.08. The zero-order valence-electron chi connectivity index (χ0n) is 15.9. The zero-order chi connectivity index (χ0) is 20.5. The fourth-order valence-electron chi connectivity index (χ4n) is 2.64. The van der Waals surface area contributed by atoms with Crippen LogP contribution in [0.5, 0.6) is 5.75 Å². The SMILES string of the molecule is CCOc1ccccc1NC(=O)[C@H](OC(=O)/C=C/c1ccsc1)c1ccccc1. The quantitative estimate of drug-likeness (QED) is 0.418. The van der Waals surface area contributed by atoms with Gasteiger partial charge in [-0.05, 0) is 47.5 Å². The number of amides is 1. The van der Waals surface area contributed by atoms with Crippen molar-refractivity contribution in [3.8, 4) is 5.75 Å². The monoisotopic (exact) mass is 407 g/mol. The molecule has 6 heteroatoms. The molecular formula is C23H21NO4S. The molecule has 0 radical (unpaired) electrons. The Morgan fingerprint density at radius 3 is 2.55 bits per heavy atom. The average Bonchev–Trinajstić information content (AvgIpc) is 3.26. The van der Waals surface area contributed by atoms with Gasteiger partial charge in [0.1, 0.15) is 5.75 Å². The number of para-hydroxylation sites is 2. The number of rotatable bonds is 8. The number of carbonyl (C=O) groups excluding carboxylic acids is 2. The lowest BCUT2D eigenvalue weighted by molar-refractivity contribution is -0.149. The van der Waals surface area contributed by atoms with Gasteiger partial charge in [-0.15, -0.1) is 0 Å². The van der Waals surface area contributed by atoms with Gasteiger partial charge in [-0.1, -0.05) is 42.5 Å². The highest BCUT2D eigenvalue weighted by atomic mass is 32.1. The number of nitrogens with one attached hydrogen (secondary N) is 1. The average molecular weight is 407 g/mol. The Bertz CT molecular complexity index is 968. The molecule has 0 fully saturated rings. The molecule has 5 nitrogen and oxygen atoms in total. The van der Waals surface area contributed by atoms with E-state index in [0.29, 0.717) is 23.6 Å². The summed E-state index contributed by atoms with van der Waals surface area (Å²) in [7, 11) is 0. The van der Waals surface area contributed by atoms with E-state index in [2.05, 4.69) is 5.32 Å². The van der Waals surface area contributed by atoms with Crippen molar-refractivity contribution >= 4 is 35.0 Å². The van der Waals surface area contributed by atoms with Crippen molar-refractivity contribution in [2.24, 2.45) is 0 Å². The maximum atomic E-state index is 13.0.